The summed E-state index contributed by atoms with van der Waals surface area (Å²) in [6.07, 6.45) is 1.75. The number of nitrogens with one attached hydrogen (secondary N) is 1. The Hall–Kier alpha value is -2.29. The van der Waals surface area contributed by atoms with Crippen LogP contribution in [-0.2, 0) is 17.6 Å². The number of carbonyl (C=O) groups is 1. The quantitative estimate of drug-likeness (QED) is 0.810. The first kappa shape index (κ1) is 14.1. The predicted octanol–water partition coefficient (Wildman–Crippen LogP) is 3.36. The van der Waals surface area contributed by atoms with Crippen molar-refractivity contribution in [2.45, 2.75) is 19.3 Å². The second kappa shape index (κ2) is 7.34. The molecule has 0 heterocycles. The van der Waals surface area contributed by atoms with Crippen LogP contribution in [0.3, 0.4) is 0 Å². The van der Waals surface area contributed by atoms with Gasteiger partial charge in [-0.05, 0) is 36.1 Å². The summed E-state index contributed by atoms with van der Waals surface area (Å²) in [5, 5.41) is 12.0. The van der Waals surface area contributed by atoms with Gasteiger partial charge in [0.15, 0.2) is 0 Å². The van der Waals surface area contributed by atoms with Gasteiger partial charge in [0.1, 0.15) is 0 Å². The van der Waals surface area contributed by atoms with E-state index >= 15 is 0 Å². The Morgan fingerprint density at radius 2 is 1.55 bits per heavy atom. The van der Waals surface area contributed by atoms with Crippen LogP contribution >= 0.6 is 0 Å². The largest absolute Gasteiger partial charge is 0.481 e. The zero-order chi connectivity index (χ0) is 14.2. The molecule has 3 heteroatoms. The second-order valence-electron chi connectivity index (χ2n) is 4.75. The topological polar surface area (TPSA) is 49.3 Å². The van der Waals surface area contributed by atoms with Crippen molar-refractivity contribution in [3.8, 4) is 0 Å². The van der Waals surface area contributed by atoms with Gasteiger partial charge in [0.2, 0.25) is 0 Å². The molecule has 2 rings (SSSR count). The molecular weight excluding hydrogens is 250 g/mol. The number of anilines is 1. The van der Waals surface area contributed by atoms with Crippen LogP contribution in [0.25, 0.3) is 0 Å². The van der Waals surface area contributed by atoms with Crippen LogP contribution in [-0.4, -0.2) is 17.6 Å². The Morgan fingerprint density at radius 3 is 2.20 bits per heavy atom. The van der Waals surface area contributed by atoms with E-state index in [1.807, 2.05) is 42.5 Å². The fourth-order valence-corrected chi connectivity index (χ4v) is 2.04. The molecule has 2 aromatic carbocycles. The fraction of sp³-hybridized carbons (Fsp3) is 0.235. The molecular formula is C17H19NO2. The van der Waals surface area contributed by atoms with Gasteiger partial charge in [0.25, 0.3) is 0 Å². The minimum Gasteiger partial charge on any atom is -0.481 e. The third-order valence-corrected chi connectivity index (χ3v) is 3.17. The smallest absolute Gasteiger partial charge is 0.303 e. The van der Waals surface area contributed by atoms with Crippen LogP contribution in [0, 0.1) is 0 Å². The minimum absolute atomic E-state index is 0.181. The predicted molar refractivity (Wildman–Crippen MR) is 81.0 cm³/mol. The Bertz CT molecular complexity index is 535. The number of hydrogen-bond acceptors (Lipinski definition) is 2. The van der Waals surface area contributed by atoms with E-state index in [1.54, 1.807) is 0 Å². The molecule has 0 aliphatic carbocycles. The molecule has 0 atom stereocenters. The molecule has 0 amide bonds. The molecule has 104 valence electrons. The maximum atomic E-state index is 10.5. The van der Waals surface area contributed by atoms with Gasteiger partial charge in [0, 0.05) is 18.7 Å². The maximum absolute atomic E-state index is 10.5. The van der Waals surface area contributed by atoms with Crippen LogP contribution < -0.4 is 5.32 Å². The Balaban J connectivity index is 1.77. The van der Waals surface area contributed by atoms with Crippen LogP contribution in [0.15, 0.2) is 54.6 Å². The van der Waals surface area contributed by atoms with Crippen molar-refractivity contribution >= 4 is 11.7 Å². The van der Waals surface area contributed by atoms with Crippen molar-refractivity contribution in [2.24, 2.45) is 0 Å². The van der Waals surface area contributed by atoms with Crippen molar-refractivity contribution in [3.05, 3.63) is 65.7 Å². The number of hydrogen-bond donors (Lipinski definition) is 2. The first-order chi connectivity index (χ1) is 9.74. The number of aliphatic carboxylic acids is 1. The number of aryl methyl sites for hydroxylation is 1. The molecule has 0 fully saturated rings. The fourth-order valence-electron chi connectivity index (χ4n) is 2.04. The maximum Gasteiger partial charge on any atom is 0.303 e. The Kier molecular flexibility index (Phi) is 5.18. The number of benzene rings is 2. The van der Waals surface area contributed by atoms with E-state index in [4.69, 9.17) is 5.11 Å². The van der Waals surface area contributed by atoms with Crippen LogP contribution in [0.5, 0.6) is 0 Å². The highest BCUT2D eigenvalue weighted by atomic mass is 16.4. The molecule has 0 unspecified atom stereocenters. The molecule has 0 aliphatic heterocycles. The first-order valence-electron chi connectivity index (χ1n) is 6.82. The zero-order valence-corrected chi connectivity index (χ0v) is 11.4. The molecule has 0 aliphatic rings. The Labute approximate surface area is 119 Å². The number of carboxylic acids is 1. The van der Waals surface area contributed by atoms with E-state index < -0.39 is 5.97 Å². The molecule has 3 nitrogen and oxygen atoms in total. The summed E-state index contributed by atoms with van der Waals surface area (Å²) >= 11 is 0. The van der Waals surface area contributed by atoms with Crippen molar-refractivity contribution in [3.63, 3.8) is 0 Å². The van der Waals surface area contributed by atoms with Gasteiger partial charge in [-0.1, -0.05) is 42.5 Å². The lowest BCUT2D eigenvalue weighted by atomic mass is 10.1. The zero-order valence-electron chi connectivity index (χ0n) is 11.4. The molecule has 0 spiro atoms. The summed E-state index contributed by atoms with van der Waals surface area (Å²) in [6.45, 7) is 0.887. The molecule has 0 saturated heterocycles. The van der Waals surface area contributed by atoms with E-state index in [0.717, 1.165) is 24.2 Å². The first-order valence-corrected chi connectivity index (χ1v) is 6.82. The lowest BCUT2D eigenvalue weighted by Crippen LogP contribution is -2.04. The van der Waals surface area contributed by atoms with Gasteiger partial charge in [0.05, 0.1) is 0 Å². The molecule has 2 N–H and O–H groups in total. The van der Waals surface area contributed by atoms with Crippen molar-refractivity contribution < 1.29 is 9.90 Å². The van der Waals surface area contributed by atoms with Gasteiger partial charge in [-0.15, -0.1) is 0 Å². The summed E-state index contributed by atoms with van der Waals surface area (Å²) in [7, 11) is 0. The lowest BCUT2D eigenvalue weighted by Gasteiger charge is -2.07. The van der Waals surface area contributed by atoms with E-state index in [-0.39, 0.29) is 6.42 Å². The molecule has 0 bridgehead atoms. The number of carboxylic acid groups (broad SMARTS) is 1. The van der Waals surface area contributed by atoms with Crippen LogP contribution in [0.2, 0.25) is 0 Å². The third kappa shape index (κ3) is 4.76. The van der Waals surface area contributed by atoms with Gasteiger partial charge >= 0.3 is 5.97 Å². The van der Waals surface area contributed by atoms with Crippen molar-refractivity contribution in [1.29, 1.82) is 0 Å². The highest BCUT2D eigenvalue weighted by molar-refractivity contribution is 5.67. The Morgan fingerprint density at radius 1 is 0.900 bits per heavy atom. The summed E-state index contributed by atoms with van der Waals surface area (Å²) in [5.41, 5.74) is 3.44. The standard InChI is InChI=1S/C17H19NO2/c19-17(20)11-8-15-6-9-16(10-7-15)18-13-12-14-4-2-1-3-5-14/h1-7,9-10,18H,8,11-13H2,(H,19,20). The normalized spacial score (nSPS) is 10.2. The van der Waals surface area contributed by atoms with E-state index in [0.29, 0.717) is 6.42 Å². The monoisotopic (exact) mass is 269 g/mol. The lowest BCUT2D eigenvalue weighted by molar-refractivity contribution is -0.136. The molecule has 0 radical (unpaired) electrons. The minimum atomic E-state index is -0.755. The summed E-state index contributed by atoms with van der Waals surface area (Å²) in [5.74, 6) is -0.755. The van der Waals surface area contributed by atoms with Gasteiger partial charge in [-0.3, -0.25) is 4.79 Å². The molecule has 0 aromatic heterocycles. The van der Waals surface area contributed by atoms with Gasteiger partial charge in [-0.2, -0.15) is 0 Å². The number of rotatable bonds is 7. The average Bonchev–Trinajstić information content (AvgIpc) is 2.47. The van der Waals surface area contributed by atoms with Crippen molar-refractivity contribution in [2.75, 3.05) is 11.9 Å². The third-order valence-electron chi connectivity index (χ3n) is 3.17. The highest BCUT2D eigenvalue weighted by Crippen LogP contribution is 2.11. The van der Waals surface area contributed by atoms with E-state index in [1.165, 1.54) is 5.56 Å². The van der Waals surface area contributed by atoms with E-state index in [2.05, 4.69) is 17.4 Å². The second-order valence-corrected chi connectivity index (χ2v) is 4.75. The molecule has 2 aromatic rings. The summed E-state index contributed by atoms with van der Waals surface area (Å²) in [4.78, 5) is 10.5. The summed E-state index contributed by atoms with van der Waals surface area (Å²) < 4.78 is 0. The molecule has 20 heavy (non-hydrogen) atoms. The highest BCUT2D eigenvalue weighted by Gasteiger charge is 1.99. The van der Waals surface area contributed by atoms with E-state index in [9.17, 15) is 4.79 Å². The SMILES string of the molecule is O=C(O)CCc1ccc(NCCc2ccccc2)cc1. The van der Waals surface area contributed by atoms with Crippen LogP contribution in [0.4, 0.5) is 5.69 Å². The average molecular weight is 269 g/mol. The van der Waals surface area contributed by atoms with Gasteiger partial charge in [-0.25, -0.2) is 0 Å². The van der Waals surface area contributed by atoms with Gasteiger partial charge < -0.3 is 10.4 Å². The summed E-state index contributed by atoms with van der Waals surface area (Å²) in [6, 6.07) is 18.3. The van der Waals surface area contributed by atoms with Crippen molar-refractivity contribution in [1.82, 2.24) is 0 Å². The van der Waals surface area contributed by atoms with Crippen LogP contribution in [0.1, 0.15) is 17.5 Å². The molecule has 0 saturated carbocycles.